The zero-order chi connectivity index (χ0) is 13.2. The van der Waals surface area contributed by atoms with E-state index in [1.165, 1.54) is 0 Å². The number of carbonyl (C=O) groups is 1. The number of aryl methyl sites for hydroxylation is 1. The number of hydrogen-bond donors (Lipinski definition) is 0. The quantitative estimate of drug-likeness (QED) is 0.792. The third-order valence-electron chi connectivity index (χ3n) is 3.75. The van der Waals surface area contributed by atoms with E-state index in [2.05, 4.69) is 5.16 Å². The van der Waals surface area contributed by atoms with E-state index < -0.39 is 0 Å². The molecule has 2 aliphatic heterocycles. The van der Waals surface area contributed by atoms with Gasteiger partial charge in [0, 0.05) is 37.2 Å². The van der Waals surface area contributed by atoms with Gasteiger partial charge in [-0.15, -0.1) is 0 Å². The third-order valence-corrected chi connectivity index (χ3v) is 4.70. The Morgan fingerprint density at radius 3 is 2.89 bits per heavy atom. The Morgan fingerprint density at radius 2 is 2.21 bits per heavy atom. The minimum Gasteiger partial charge on any atom is -0.359 e. The maximum Gasteiger partial charge on any atom is 0.320 e. The average Bonchev–Trinajstić information content (AvgIpc) is 3.07. The second-order valence-electron chi connectivity index (χ2n) is 5.10. The summed E-state index contributed by atoms with van der Waals surface area (Å²) in [5, 5.41) is 3.94. The van der Waals surface area contributed by atoms with Crippen molar-refractivity contribution in [3.05, 3.63) is 17.5 Å². The van der Waals surface area contributed by atoms with Crippen molar-refractivity contribution in [2.24, 2.45) is 0 Å². The number of carbonyl (C=O) groups excluding carboxylic acids is 1. The fourth-order valence-electron chi connectivity index (χ4n) is 2.77. The lowest BCUT2D eigenvalue weighted by atomic mass is 10.1. The largest absolute Gasteiger partial charge is 0.359 e. The molecule has 2 aliphatic rings. The van der Waals surface area contributed by atoms with E-state index in [4.69, 9.17) is 4.52 Å². The van der Waals surface area contributed by atoms with Crippen molar-refractivity contribution in [1.29, 1.82) is 0 Å². The van der Waals surface area contributed by atoms with E-state index in [-0.39, 0.29) is 12.1 Å². The molecule has 5 nitrogen and oxygen atoms in total. The van der Waals surface area contributed by atoms with Gasteiger partial charge in [0.1, 0.15) is 0 Å². The molecular formula is C13H19N3O2S. The molecule has 1 unspecified atom stereocenters. The molecule has 3 rings (SSSR count). The molecule has 0 bridgehead atoms. The van der Waals surface area contributed by atoms with Gasteiger partial charge in [-0.05, 0) is 19.8 Å². The van der Waals surface area contributed by atoms with Crippen LogP contribution in [0.5, 0.6) is 0 Å². The second kappa shape index (κ2) is 5.45. The van der Waals surface area contributed by atoms with Gasteiger partial charge in [0.25, 0.3) is 0 Å². The van der Waals surface area contributed by atoms with Gasteiger partial charge in [-0.2, -0.15) is 11.8 Å². The van der Waals surface area contributed by atoms with Crippen LogP contribution in [0.25, 0.3) is 0 Å². The minimum absolute atomic E-state index is 0.0725. The Labute approximate surface area is 117 Å². The summed E-state index contributed by atoms with van der Waals surface area (Å²) in [6, 6.07) is 2.18. The zero-order valence-electron chi connectivity index (χ0n) is 11.2. The van der Waals surface area contributed by atoms with Crippen molar-refractivity contribution in [3.63, 3.8) is 0 Å². The van der Waals surface area contributed by atoms with E-state index in [1.54, 1.807) is 0 Å². The average molecular weight is 281 g/mol. The smallest absolute Gasteiger partial charge is 0.320 e. The highest BCUT2D eigenvalue weighted by molar-refractivity contribution is 7.99. The summed E-state index contributed by atoms with van der Waals surface area (Å²) in [7, 11) is 0. The first-order valence-electron chi connectivity index (χ1n) is 6.82. The number of likely N-dealkylation sites (tertiary alicyclic amines) is 1. The van der Waals surface area contributed by atoms with Gasteiger partial charge in [-0.3, -0.25) is 0 Å². The molecule has 2 amide bonds. The Kier molecular flexibility index (Phi) is 3.68. The van der Waals surface area contributed by atoms with Crippen LogP contribution in [0.4, 0.5) is 4.79 Å². The molecule has 1 atom stereocenters. The van der Waals surface area contributed by atoms with Gasteiger partial charge < -0.3 is 14.3 Å². The summed E-state index contributed by atoms with van der Waals surface area (Å²) in [5.41, 5.74) is 0.878. The van der Waals surface area contributed by atoms with Crippen molar-refractivity contribution in [2.75, 3.05) is 31.1 Å². The summed E-state index contributed by atoms with van der Waals surface area (Å²) in [6.07, 6.45) is 2.02. The van der Waals surface area contributed by atoms with E-state index in [0.29, 0.717) is 0 Å². The van der Waals surface area contributed by atoms with Crippen LogP contribution in [0.2, 0.25) is 0 Å². The first kappa shape index (κ1) is 12.8. The molecule has 1 aromatic rings. The Bertz CT molecular complexity index is 456. The lowest BCUT2D eigenvalue weighted by Gasteiger charge is -2.33. The van der Waals surface area contributed by atoms with E-state index in [9.17, 15) is 4.79 Å². The Hall–Kier alpha value is -1.17. The molecule has 2 saturated heterocycles. The highest BCUT2D eigenvalue weighted by Gasteiger charge is 2.35. The zero-order valence-corrected chi connectivity index (χ0v) is 12.0. The number of thioether (sulfide) groups is 1. The molecule has 0 radical (unpaired) electrons. The van der Waals surface area contributed by atoms with E-state index in [1.807, 2.05) is 34.6 Å². The number of nitrogens with zero attached hydrogens (tertiary/aromatic N) is 3. The minimum atomic E-state index is 0.0725. The standard InChI is InChI=1S/C13H19N3O2S/c1-10-9-12(18-14-10)11-3-2-4-16(11)13(17)15-5-7-19-8-6-15/h9,11H,2-8H2,1H3. The van der Waals surface area contributed by atoms with Crippen LogP contribution in [0.15, 0.2) is 10.6 Å². The van der Waals surface area contributed by atoms with Crippen LogP contribution in [0, 0.1) is 6.92 Å². The van der Waals surface area contributed by atoms with Gasteiger partial charge in [0.2, 0.25) is 0 Å². The van der Waals surface area contributed by atoms with Crippen LogP contribution in [-0.4, -0.2) is 52.1 Å². The SMILES string of the molecule is Cc1cc(C2CCCN2C(=O)N2CCSCC2)on1. The lowest BCUT2D eigenvalue weighted by molar-refractivity contribution is 0.145. The molecular weight excluding hydrogens is 262 g/mol. The van der Waals surface area contributed by atoms with Crippen molar-refractivity contribution in [3.8, 4) is 0 Å². The molecule has 104 valence electrons. The predicted octanol–water partition coefficient (Wildman–Crippen LogP) is 2.29. The normalized spacial score (nSPS) is 23.9. The summed E-state index contributed by atoms with van der Waals surface area (Å²) in [4.78, 5) is 16.5. The molecule has 19 heavy (non-hydrogen) atoms. The van der Waals surface area contributed by atoms with Crippen molar-refractivity contribution in [1.82, 2.24) is 15.0 Å². The van der Waals surface area contributed by atoms with Crippen molar-refractivity contribution >= 4 is 17.8 Å². The molecule has 0 aliphatic carbocycles. The van der Waals surface area contributed by atoms with Crippen molar-refractivity contribution in [2.45, 2.75) is 25.8 Å². The summed E-state index contributed by atoms with van der Waals surface area (Å²) in [6.45, 7) is 4.47. The van der Waals surface area contributed by atoms with Crippen molar-refractivity contribution < 1.29 is 9.32 Å². The highest BCUT2D eigenvalue weighted by atomic mass is 32.2. The number of aromatic nitrogens is 1. The van der Waals surface area contributed by atoms with Gasteiger partial charge in [-0.25, -0.2) is 4.79 Å². The maximum absolute atomic E-state index is 12.6. The van der Waals surface area contributed by atoms with Crippen LogP contribution in [-0.2, 0) is 0 Å². The highest BCUT2D eigenvalue weighted by Crippen LogP contribution is 2.33. The molecule has 0 N–H and O–H groups in total. The molecule has 0 saturated carbocycles. The fraction of sp³-hybridized carbons (Fsp3) is 0.692. The monoisotopic (exact) mass is 281 g/mol. The predicted molar refractivity (Wildman–Crippen MR) is 74.2 cm³/mol. The van der Waals surface area contributed by atoms with E-state index in [0.717, 1.165) is 55.4 Å². The van der Waals surface area contributed by atoms with Gasteiger partial charge in [0.15, 0.2) is 5.76 Å². The van der Waals surface area contributed by atoms with Crippen LogP contribution in [0.3, 0.4) is 0 Å². The summed E-state index contributed by atoms with van der Waals surface area (Å²) < 4.78 is 5.35. The Morgan fingerprint density at radius 1 is 1.42 bits per heavy atom. The number of hydrogen-bond acceptors (Lipinski definition) is 4. The molecule has 1 aromatic heterocycles. The van der Waals surface area contributed by atoms with Gasteiger partial charge in [0.05, 0.1) is 11.7 Å². The lowest BCUT2D eigenvalue weighted by Crippen LogP contribution is -2.46. The topological polar surface area (TPSA) is 49.6 Å². The number of urea groups is 1. The molecule has 3 heterocycles. The molecule has 0 spiro atoms. The number of amides is 2. The Balaban J connectivity index is 1.73. The van der Waals surface area contributed by atoms with Crippen LogP contribution >= 0.6 is 11.8 Å². The summed E-state index contributed by atoms with van der Waals surface area (Å²) >= 11 is 1.92. The molecule has 6 heteroatoms. The summed E-state index contributed by atoms with van der Waals surface area (Å²) in [5.74, 6) is 2.92. The number of rotatable bonds is 1. The second-order valence-corrected chi connectivity index (χ2v) is 6.33. The van der Waals surface area contributed by atoms with Gasteiger partial charge >= 0.3 is 6.03 Å². The van der Waals surface area contributed by atoms with E-state index >= 15 is 0 Å². The molecule has 0 aromatic carbocycles. The molecule has 2 fully saturated rings. The van der Waals surface area contributed by atoms with Crippen LogP contribution in [0.1, 0.15) is 30.3 Å². The fourth-order valence-corrected chi connectivity index (χ4v) is 3.67. The van der Waals surface area contributed by atoms with Crippen LogP contribution < -0.4 is 0 Å². The first-order valence-corrected chi connectivity index (χ1v) is 7.97. The third kappa shape index (κ3) is 2.59. The first-order chi connectivity index (χ1) is 9.25. The maximum atomic E-state index is 12.6. The van der Waals surface area contributed by atoms with Gasteiger partial charge in [-0.1, -0.05) is 5.16 Å².